The van der Waals surface area contributed by atoms with Crippen LogP contribution in [-0.2, 0) is 4.74 Å². The van der Waals surface area contributed by atoms with Crippen LogP contribution in [0.2, 0.25) is 0 Å². The predicted molar refractivity (Wildman–Crippen MR) is 55.9 cm³/mol. The molecule has 1 aliphatic rings. The quantitative estimate of drug-likeness (QED) is 0.724. The van der Waals surface area contributed by atoms with Gasteiger partial charge in [-0.25, -0.2) is 0 Å². The molecule has 0 aromatic rings. The topological polar surface area (TPSA) is 21.3 Å². The SMILES string of the molecule is CC(C)CNCC1(C)CCCOC1. The van der Waals surface area contributed by atoms with E-state index in [0.29, 0.717) is 5.41 Å². The summed E-state index contributed by atoms with van der Waals surface area (Å²) in [5.74, 6) is 0.744. The lowest BCUT2D eigenvalue weighted by Gasteiger charge is -2.33. The monoisotopic (exact) mass is 185 g/mol. The fourth-order valence-corrected chi connectivity index (χ4v) is 1.79. The zero-order valence-corrected chi connectivity index (χ0v) is 9.23. The first-order valence-electron chi connectivity index (χ1n) is 5.41. The Labute approximate surface area is 82.0 Å². The second kappa shape index (κ2) is 4.97. The van der Waals surface area contributed by atoms with Crippen molar-refractivity contribution >= 4 is 0 Å². The standard InChI is InChI=1S/C11H23NO/c1-10(2)7-12-8-11(3)5-4-6-13-9-11/h10,12H,4-9H2,1-3H3. The van der Waals surface area contributed by atoms with Crippen LogP contribution in [0.1, 0.15) is 33.6 Å². The molecule has 2 nitrogen and oxygen atoms in total. The summed E-state index contributed by atoms with van der Waals surface area (Å²) >= 11 is 0. The molecular formula is C11H23NO. The van der Waals surface area contributed by atoms with Gasteiger partial charge in [0, 0.05) is 18.6 Å². The molecule has 0 aromatic carbocycles. The summed E-state index contributed by atoms with van der Waals surface area (Å²) in [7, 11) is 0. The normalized spacial score (nSPS) is 29.5. The summed E-state index contributed by atoms with van der Waals surface area (Å²) in [5, 5.41) is 3.52. The summed E-state index contributed by atoms with van der Waals surface area (Å²) in [6.45, 7) is 10.9. The van der Waals surface area contributed by atoms with Crippen molar-refractivity contribution in [2.45, 2.75) is 33.6 Å². The van der Waals surface area contributed by atoms with Crippen LogP contribution < -0.4 is 5.32 Å². The maximum atomic E-state index is 5.50. The summed E-state index contributed by atoms with van der Waals surface area (Å²) in [4.78, 5) is 0. The van der Waals surface area contributed by atoms with Gasteiger partial charge in [-0.1, -0.05) is 20.8 Å². The molecule has 0 radical (unpaired) electrons. The van der Waals surface area contributed by atoms with E-state index in [4.69, 9.17) is 4.74 Å². The second-order valence-corrected chi connectivity index (χ2v) is 4.99. The highest BCUT2D eigenvalue weighted by molar-refractivity contribution is 4.79. The number of hydrogen-bond acceptors (Lipinski definition) is 2. The Balaban J connectivity index is 2.17. The second-order valence-electron chi connectivity index (χ2n) is 4.99. The van der Waals surface area contributed by atoms with Crippen molar-refractivity contribution in [2.24, 2.45) is 11.3 Å². The van der Waals surface area contributed by atoms with Crippen molar-refractivity contribution in [2.75, 3.05) is 26.3 Å². The van der Waals surface area contributed by atoms with Crippen LogP contribution in [0.25, 0.3) is 0 Å². The van der Waals surface area contributed by atoms with Gasteiger partial charge >= 0.3 is 0 Å². The molecule has 0 spiro atoms. The maximum Gasteiger partial charge on any atom is 0.0531 e. The molecule has 0 bridgehead atoms. The van der Waals surface area contributed by atoms with Gasteiger partial charge in [-0.3, -0.25) is 0 Å². The van der Waals surface area contributed by atoms with Crippen LogP contribution in [0.15, 0.2) is 0 Å². The van der Waals surface area contributed by atoms with Gasteiger partial charge in [-0.05, 0) is 25.3 Å². The highest BCUT2D eigenvalue weighted by Crippen LogP contribution is 2.26. The Morgan fingerprint density at radius 1 is 1.46 bits per heavy atom. The molecule has 1 aliphatic heterocycles. The lowest BCUT2D eigenvalue weighted by Crippen LogP contribution is -2.39. The molecule has 78 valence electrons. The van der Waals surface area contributed by atoms with E-state index in [1.54, 1.807) is 0 Å². The van der Waals surface area contributed by atoms with E-state index in [0.717, 1.165) is 32.2 Å². The number of nitrogens with one attached hydrogen (secondary N) is 1. The largest absolute Gasteiger partial charge is 0.381 e. The lowest BCUT2D eigenvalue weighted by atomic mass is 9.85. The maximum absolute atomic E-state index is 5.50. The van der Waals surface area contributed by atoms with Crippen molar-refractivity contribution in [3.8, 4) is 0 Å². The minimum absolute atomic E-state index is 0.382. The first-order valence-corrected chi connectivity index (χ1v) is 5.41. The molecule has 1 saturated heterocycles. The summed E-state index contributed by atoms with van der Waals surface area (Å²) < 4.78 is 5.50. The molecule has 0 amide bonds. The Hall–Kier alpha value is -0.0800. The van der Waals surface area contributed by atoms with Crippen LogP contribution in [0, 0.1) is 11.3 Å². The fraction of sp³-hybridized carbons (Fsp3) is 1.00. The summed E-state index contributed by atoms with van der Waals surface area (Å²) in [5.41, 5.74) is 0.382. The number of rotatable bonds is 4. The molecule has 0 saturated carbocycles. The van der Waals surface area contributed by atoms with E-state index in [2.05, 4.69) is 26.1 Å². The van der Waals surface area contributed by atoms with E-state index in [1.807, 2.05) is 0 Å². The van der Waals surface area contributed by atoms with Crippen molar-refractivity contribution in [1.29, 1.82) is 0 Å². The molecule has 1 atom stereocenters. The Kier molecular flexibility index (Phi) is 4.20. The van der Waals surface area contributed by atoms with E-state index >= 15 is 0 Å². The van der Waals surface area contributed by atoms with Gasteiger partial charge in [0.05, 0.1) is 6.61 Å². The van der Waals surface area contributed by atoms with Gasteiger partial charge in [0.1, 0.15) is 0 Å². The van der Waals surface area contributed by atoms with Crippen molar-refractivity contribution in [3.63, 3.8) is 0 Å². The van der Waals surface area contributed by atoms with Crippen molar-refractivity contribution < 1.29 is 4.74 Å². The first-order chi connectivity index (χ1) is 6.12. The zero-order chi connectivity index (χ0) is 9.73. The summed E-state index contributed by atoms with van der Waals surface area (Å²) in [6, 6.07) is 0. The third-order valence-corrected chi connectivity index (χ3v) is 2.62. The summed E-state index contributed by atoms with van der Waals surface area (Å²) in [6.07, 6.45) is 2.53. The molecule has 1 rings (SSSR count). The van der Waals surface area contributed by atoms with Gasteiger partial charge in [-0.15, -0.1) is 0 Å². The van der Waals surface area contributed by atoms with Crippen LogP contribution in [0.4, 0.5) is 0 Å². The predicted octanol–water partition coefficient (Wildman–Crippen LogP) is 2.05. The van der Waals surface area contributed by atoms with Gasteiger partial charge in [0.25, 0.3) is 0 Å². The third kappa shape index (κ3) is 4.10. The Bertz CT molecular complexity index is 139. The minimum atomic E-state index is 0.382. The molecule has 0 aromatic heterocycles. The molecular weight excluding hydrogens is 162 g/mol. The molecule has 1 unspecified atom stereocenters. The number of hydrogen-bond donors (Lipinski definition) is 1. The van der Waals surface area contributed by atoms with E-state index < -0.39 is 0 Å². The van der Waals surface area contributed by atoms with Crippen molar-refractivity contribution in [1.82, 2.24) is 5.32 Å². The van der Waals surface area contributed by atoms with E-state index in [1.165, 1.54) is 12.8 Å². The van der Waals surface area contributed by atoms with Crippen LogP contribution in [0.3, 0.4) is 0 Å². The van der Waals surface area contributed by atoms with E-state index in [9.17, 15) is 0 Å². The highest BCUT2D eigenvalue weighted by Gasteiger charge is 2.26. The molecule has 0 aliphatic carbocycles. The van der Waals surface area contributed by atoms with Gasteiger partial charge in [-0.2, -0.15) is 0 Å². The van der Waals surface area contributed by atoms with Crippen molar-refractivity contribution in [3.05, 3.63) is 0 Å². The fourth-order valence-electron chi connectivity index (χ4n) is 1.79. The van der Waals surface area contributed by atoms with E-state index in [-0.39, 0.29) is 0 Å². The van der Waals surface area contributed by atoms with Crippen LogP contribution in [-0.4, -0.2) is 26.3 Å². The lowest BCUT2D eigenvalue weighted by molar-refractivity contribution is 0.00289. The van der Waals surface area contributed by atoms with Gasteiger partial charge in [0.2, 0.25) is 0 Å². The molecule has 1 heterocycles. The van der Waals surface area contributed by atoms with Gasteiger partial charge in [0.15, 0.2) is 0 Å². The smallest absolute Gasteiger partial charge is 0.0531 e. The highest BCUT2D eigenvalue weighted by atomic mass is 16.5. The molecule has 13 heavy (non-hydrogen) atoms. The Morgan fingerprint density at radius 2 is 2.23 bits per heavy atom. The van der Waals surface area contributed by atoms with Crippen LogP contribution in [0.5, 0.6) is 0 Å². The third-order valence-electron chi connectivity index (χ3n) is 2.62. The number of ether oxygens (including phenoxy) is 1. The van der Waals surface area contributed by atoms with Crippen LogP contribution >= 0.6 is 0 Å². The Morgan fingerprint density at radius 3 is 2.77 bits per heavy atom. The minimum Gasteiger partial charge on any atom is -0.381 e. The average Bonchev–Trinajstić information content (AvgIpc) is 2.04. The average molecular weight is 185 g/mol. The van der Waals surface area contributed by atoms with Gasteiger partial charge < -0.3 is 10.1 Å². The zero-order valence-electron chi connectivity index (χ0n) is 9.23. The first kappa shape index (κ1) is 11.0. The molecule has 1 N–H and O–H groups in total. The molecule has 1 fully saturated rings. The molecule has 2 heteroatoms.